The molecule has 6 heteroatoms. The quantitative estimate of drug-likeness (QED) is 0.788. The Bertz CT molecular complexity index is 1100. The molecular weight excluding hydrogens is 382 g/mol. The zero-order valence-electron chi connectivity index (χ0n) is 17.6. The summed E-state index contributed by atoms with van der Waals surface area (Å²) in [6, 6.07) is 5.60. The predicted octanol–water partition coefficient (Wildman–Crippen LogP) is 4.47. The SMILES string of the molecule is COc1cc2c(cc1OCC1CC1)[C@H]1CCC(C)(C)[C@H]1n1cc(C(=O)O)c(=O)cc1-2. The second kappa shape index (κ2) is 6.62. The van der Waals surface area contributed by atoms with Gasteiger partial charge in [-0.1, -0.05) is 13.8 Å². The van der Waals surface area contributed by atoms with Crippen LogP contribution in [0.4, 0.5) is 0 Å². The lowest BCUT2D eigenvalue weighted by molar-refractivity contribution is 0.0693. The maximum atomic E-state index is 12.6. The third-order valence-electron chi connectivity index (χ3n) is 7.07. The van der Waals surface area contributed by atoms with E-state index in [2.05, 4.69) is 19.9 Å². The number of hydrogen-bond acceptors (Lipinski definition) is 4. The predicted molar refractivity (Wildman–Crippen MR) is 113 cm³/mol. The summed E-state index contributed by atoms with van der Waals surface area (Å²) < 4.78 is 13.7. The van der Waals surface area contributed by atoms with Crippen LogP contribution in [0, 0.1) is 11.3 Å². The Kier molecular flexibility index (Phi) is 4.24. The van der Waals surface area contributed by atoms with Crippen molar-refractivity contribution in [3.8, 4) is 22.8 Å². The second-order valence-corrected chi connectivity index (χ2v) is 9.57. The summed E-state index contributed by atoms with van der Waals surface area (Å²) in [6.45, 7) is 5.14. The number of nitrogens with zero attached hydrogens (tertiary/aromatic N) is 1. The number of methoxy groups -OCH3 is 1. The molecule has 2 atom stereocenters. The van der Waals surface area contributed by atoms with Crippen LogP contribution in [0.25, 0.3) is 11.3 Å². The first kappa shape index (κ1) is 19.2. The van der Waals surface area contributed by atoms with Gasteiger partial charge in [0.2, 0.25) is 0 Å². The number of carboxylic acids is 1. The van der Waals surface area contributed by atoms with Crippen molar-refractivity contribution in [1.29, 1.82) is 0 Å². The van der Waals surface area contributed by atoms with E-state index < -0.39 is 11.4 Å². The zero-order chi connectivity index (χ0) is 21.2. The minimum Gasteiger partial charge on any atom is -0.493 e. The number of fused-ring (bicyclic) bond motifs is 6. The first-order valence-electron chi connectivity index (χ1n) is 10.6. The number of aromatic nitrogens is 1. The average molecular weight is 409 g/mol. The highest BCUT2D eigenvalue weighted by atomic mass is 16.5. The molecule has 0 bridgehead atoms. The normalized spacial score (nSPS) is 23.3. The minimum absolute atomic E-state index is 0.0170. The molecule has 2 saturated carbocycles. The summed E-state index contributed by atoms with van der Waals surface area (Å²) >= 11 is 0. The molecule has 2 aromatic rings. The number of hydrogen-bond donors (Lipinski definition) is 1. The lowest BCUT2D eigenvalue weighted by atomic mass is 9.77. The Morgan fingerprint density at radius 1 is 1.20 bits per heavy atom. The molecule has 2 aliphatic carbocycles. The van der Waals surface area contributed by atoms with Gasteiger partial charge in [0.15, 0.2) is 16.9 Å². The van der Waals surface area contributed by atoms with E-state index in [9.17, 15) is 14.7 Å². The van der Waals surface area contributed by atoms with Crippen LogP contribution in [0.2, 0.25) is 0 Å². The van der Waals surface area contributed by atoms with Crippen LogP contribution in [0.3, 0.4) is 0 Å². The van der Waals surface area contributed by atoms with Gasteiger partial charge in [0.25, 0.3) is 0 Å². The van der Waals surface area contributed by atoms with Gasteiger partial charge in [0.05, 0.1) is 19.4 Å². The third-order valence-corrected chi connectivity index (χ3v) is 7.07. The molecule has 1 aromatic carbocycles. The van der Waals surface area contributed by atoms with Crippen molar-refractivity contribution >= 4 is 5.97 Å². The van der Waals surface area contributed by atoms with Crippen LogP contribution in [0.5, 0.6) is 11.5 Å². The number of pyridine rings is 1. The molecule has 0 radical (unpaired) electrons. The Morgan fingerprint density at radius 3 is 2.63 bits per heavy atom. The molecule has 6 nitrogen and oxygen atoms in total. The molecule has 3 aliphatic rings. The molecule has 5 rings (SSSR count). The van der Waals surface area contributed by atoms with Crippen LogP contribution in [-0.4, -0.2) is 29.4 Å². The molecule has 158 valence electrons. The summed E-state index contributed by atoms with van der Waals surface area (Å²) in [5.41, 5.74) is 2.18. The monoisotopic (exact) mass is 409 g/mol. The van der Waals surface area contributed by atoms with Gasteiger partial charge < -0.3 is 19.1 Å². The van der Waals surface area contributed by atoms with Crippen molar-refractivity contribution in [3.63, 3.8) is 0 Å². The highest BCUT2D eigenvalue weighted by Crippen LogP contribution is 2.59. The molecule has 2 heterocycles. The zero-order valence-corrected chi connectivity index (χ0v) is 17.6. The van der Waals surface area contributed by atoms with Crippen LogP contribution in [0.15, 0.2) is 29.2 Å². The number of aromatic carboxylic acids is 1. The molecule has 0 amide bonds. The van der Waals surface area contributed by atoms with Crippen molar-refractivity contribution in [3.05, 3.63) is 45.7 Å². The standard InChI is InChI=1S/C24H27NO5/c1-24(2)7-6-14-15-8-21(30-12-13-4-5-13)20(29-3)9-16(15)18-10-19(26)17(23(27)28)11-25(18)22(14)24/h8-11,13-14,22H,4-7,12H2,1-3H3,(H,27,28)/t14-,22+/m1/s1. The Balaban J connectivity index is 1.72. The molecular formula is C24H27NO5. The largest absolute Gasteiger partial charge is 0.493 e. The summed E-state index contributed by atoms with van der Waals surface area (Å²) in [4.78, 5) is 24.2. The fourth-order valence-electron chi connectivity index (χ4n) is 5.30. The highest BCUT2D eigenvalue weighted by Gasteiger charge is 2.47. The van der Waals surface area contributed by atoms with Gasteiger partial charge in [-0.3, -0.25) is 4.79 Å². The smallest absolute Gasteiger partial charge is 0.341 e. The molecule has 0 saturated heterocycles. The van der Waals surface area contributed by atoms with E-state index in [4.69, 9.17) is 9.47 Å². The maximum Gasteiger partial charge on any atom is 0.341 e. The molecule has 1 aromatic heterocycles. The number of benzene rings is 1. The van der Waals surface area contributed by atoms with Crippen molar-refractivity contribution in [2.45, 2.75) is 51.5 Å². The van der Waals surface area contributed by atoms with E-state index in [0.717, 1.165) is 29.8 Å². The Morgan fingerprint density at radius 2 is 1.97 bits per heavy atom. The van der Waals surface area contributed by atoms with Crippen molar-refractivity contribution in [1.82, 2.24) is 4.57 Å². The van der Waals surface area contributed by atoms with E-state index in [-0.39, 0.29) is 22.9 Å². The molecule has 2 fully saturated rings. The summed E-state index contributed by atoms with van der Waals surface area (Å²) in [5, 5.41) is 9.51. The van der Waals surface area contributed by atoms with Crippen LogP contribution >= 0.6 is 0 Å². The van der Waals surface area contributed by atoms with E-state index in [1.807, 2.05) is 10.6 Å². The molecule has 1 N–H and O–H groups in total. The third kappa shape index (κ3) is 2.92. The van der Waals surface area contributed by atoms with Gasteiger partial charge in [-0.05, 0) is 54.7 Å². The van der Waals surface area contributed by atoms with Gasteiger partial charge >= 0.3 is 5.97 Å². The van der Waals surface area contributed by atoms with E-state index in [1.165, 1.54) is 30.7 Å². The Hall–Kier alpha value is -2.76. The lowest BCUT2D eigenvalue weighted by Gasteiger charge is -2.40. The number of ether oxygens (including phenoxy) is 2. The van der Waals surface area contributed by atoms with E-state index in [0.29, 0.717) is 18.3 Å². The van der Waals surface area contributed by atoms with E-state index >= 15 is 0 Å². The minimum atomic E-state index is -1.19. The van der Waals surface area contributed by atoms with Gasteiger partial charge in [-0.25, -0.2) is 4.79 Å². The lowest BCUT2D eigenvalue weighted by Crippen LogP contribution is -2.32. The first-order valence-corrected chi connectivity index (χ1v) is 10.6. The second-order valence-electron chi connectivity index (χ2n) is 9.57. The van der Waals surface area contributed by atoms with Gasteiger partial charge in [0.1, 0.15) is 5.56 Å². The van der Waals surface area contributed by atoms with Crippen LogP contribution < -0.4 is 14.9 Å². The first-order chi connectivity index (χ1) is 14.3. The van der Waals surface area contributed by atoms with Gasteiger partial charge in [-0.2, -0.15) is 0 Å². The molecule has 1 aliphatic heterocycles. The van der Waals surface area contributed by atoms with Gasteiger partial charge in [-0.15, -0.1) is 0 Å². The average Bonchev–Trinajstić information content (AvgIpc) is 3.48. The molecule has 0 unspecified atom stereocenters. The number of carbonyl (C=O) groups is 1. The fraction of sp³-hybridized carbons (Fsp3) is 0.500. The molecule has 0 spiro atoms. The maximum absolute atomic E-state index is 12.6. The number of carboxylic acid groups (broad SMARTS) is 1. The highest BCUT2D eigenvalue weighted by molar-refractivity contribution is 5.88. The Labute approximate surface area is 175 Å². The number of rotatable bonds is 5. The van der Waals surface area contributed by atoms with Crippen molar-refractivity contribution in [2.75, 3.05) is 13.7 Å². The van der Waals surface area contributed by atoms with Crippen LogP contribution in [0.1, 0.15) is 67.4 Å². The summed E-state index contributed by atoms with van der Waals surface area (Å²) in [6.07, 6.45) is 6.01. The molecule has 30 heavy (non-hydrogen) atoms. The van der Waals surface area contributed by atoms with Gasteiger partial charge in [0, 0.05) is 29.8 Å². The van der Waals surface area contributed by atoms with Crippen molar-refractivity contribution in [2.24, 2.45) is 11.3 Å². The fourth-order valence-corrected chi connectivity index (χ4v) is 5.30. The topological polar surface area (TPSA) is 77.8 Å². The van der Waals surface area contributed by atoms with Crippen LogP contribution in [-0.2, 0) is 0 Å². The van der Waals surface area contributed by atoms with Crippen molar-refractivity contribution < 1.29 is 19.4 Å². The summed E-state index contributed by atoms with van der Waals surface area (Å²) in [5.74, 6) is 1.09. The van der Waals surface area contributed by atoms with E-state index in [1.54, 1.807) is 7.11 Å². The summed E-state index contributed by atoms with van der Waals surface area (Å²) in [7, 11) is 1.62.